The minimum absolute atomic E-state index is 0.463. The average Bonchev–Trinajstić information content (AvgIpc) is 3.20. The number of anilines is 1. The molecule has 0 spiro atoms. The third-order valence-corrected chi connectivity index (χ3v) is 4.91. The van der Waals surface area contributed by atoms with Crippen LogP contribution >= 0.6 is 0 Å². The van der Waals surface area contributed by atoms with Crippen molar-refractivity contribution in [1.82, 2.24) is 15.0 Å². The Bertz CT molecular complexity index is 876. The van der Waals surface area contributed by atoms with Gasteiger partial charge in [-0.1, -0.05) is 29.4 Å². The quantitative estimate of drug-likeness (QED) is 0.646. The van der Waals surface area contributed by atoms with Crippen molar-refractivity contribution in [2.24, 2.45) is 0 Å². The highest BCUT2D eigenvalue weighted by Gasteiger charge is 2.15. The van der Waals surface area contributed by atoms with E-state index < -0.39 is 0 Å². The van der Waals surface area contributed by atoms with Crippen LogP contribution in [0.5, 0.6) is 5.75 Å². The van der Waals surface area contributed by atoms with E-state index in [-0.39, 0.29) is 0 Å². The maximum Gasteiger partial charge on any atom is 0.321 e. The Balaban J connectivity index is 1.24. The normalized spacial score (nSPS) is 14.0. The molecule has 0 amide bonds. The average molecular weight is 364 g/mol. The molecular formula is C21H24N4O2. The Hall–Kier alpha value is -2.86. The van der Waals surface area contributed by atoms with Crippen molar-refractivity contribution < 1.29 is 9.26 Å². The van der Waals surface area contributed by atoms with Gasteiger partial charge >= 0.3 is 6.01 Å². The maximum absolute atomic E-state index is 5.30. The molecule has 3 aromatic rings. The summed E-state index contributed by atoms with van der Waals surface area (Å²) >= 11 is 0. The summed E-state index contributed by atoms with van der Waals surface area (Å²) in [5, 5.41) is 7.26. The molecule has 1 aromatic heterocycles. The molecule has 0 bridgehead atoms. The van der Waals surface area contributed by atoms with Gasteiger partial charge in [-0.05, 0) is 48.2 Å². The standard InChI is InChI=1S/C21H24N4O2/c1-26-19-9-7-17(8-10-19)20-23-21(27-24-20)22-12-4-13-25-14-11-16-5-2-3-6-18(16)15-25/h2-3,5-10H,4,11-15H2,1H3,(H,22,23,24). The number of hydrogen-bond acceptors (Lipinski definition) is 6. The first-order valence-electron chi connectivity index (χ1n) is 9.33. The molecule has 27 heavy (non-hydrogen) atoms. The lowest BCUT2D eigenvalue weighted by Crippen LogP contribution is -2.32. The highest BCUT2D eigenvalue weighted by atomic mass is 16.5. The SMILES string of the molecule is COc1ccc(-c2noc(NCCCN3CCc4ccccc4C3)n2)cc1. The molecule has 1 aliphatic heterocycles. The second-order valence-corrected chi connectivity index (χ2v) is 6.73. The van der Waals surface area contributed by atoms with E-state index in [1.165, 1.54) is 11.1 Å². The number of methoxy groups -OCH3 is 1. The van der Waals surface area contributed by atoms with Gasteiger partial charge in [-0.25, -0.2) is 0 Å². The maximum atomic E-state index is 5.30. The lowest BCUT2D eigenvalue weighted by Gasteiger charge is -2.28. The minimum atomic E-state index is 0.463. The van der Waals surface area contributed by atoms with Gasteiger partial charge in [0.05, 0.1) is 7.11 Å². The molecule has 2 heterocycles. The summed E-state index contributed by atoms with van der Waals surface area (Å²) < 4.78 is 10.5. The van der Waals surface area contributed by atoms with Crippen LogP contribution in [-0.2, 0) is 13.0 Å². The molecule has 0 radical (unpaired) electrons. The van der Waals surface area contributed by atoms with Gasteiger partial charge in [0.15, 0.2) is 0 Å². The molecule has 4 rings (SSSR count). The summed E-state index contributed by atoms with van der Waals surface area (Å²) in [6.45, 7) is 4.03. The van der Waals surface area contributed by atoms with Gasteiger partial charge in [-0.2, -0.15) is 4.98 Å². The third kappa shape index (κ3) is 4.28. The van der Waals surface area contributed by atoms with Crippen LogP contribution in [0.15, 0.2) is 53.1 Å². The number of aromatic nitrogens is 2. The highest BCUT2D eigenvalue weighted by Crippen LogP contribution is 2.21. The van der Waals surface area contributed by atoms with Crippen LogP contribution in [0.2, 0.25) is 0 Å². The van der Waals surface area contributed by atoms with E-state index in [1.54, 1.807) is 7.11 Å². The molecule has 140 valence electrons. The van der Waals surface area contributed by atoms with Crippen molar-refractivity contribution in [3.63, 3.8) is 0 Å². The number of rotatable bonds is 7. The molecular weight excluding hydrogens is 340 g/mol. The summed E-state index contributed by atoms with van der Waals surface area (Å²) in [5.74, 6) is 1.38. The minimum Gasteiger partial charge on any atom is -0.497 e. The van der Waals surface area contributed by atoms with Crippen LogP contribution in [0, 0.1) is 0 Å². The van der Waals surface area contributed by atoms with Crippen LogP contribution in [0.25, 0.3) is 11.4 Å². The second-order valence-electron chi connectivity index (χ2n) is 6.73. The van der Waals surface area contributed by atoms with Crippen LogP contribution in [0.3, 0.4) is 0 Å². The fraction of sp³-hybridized carbons (Fsp3) is 0.333. The van der Waals surface area contributed by atoms with Crippen LogP contribution in [0.4, 0.5) is 6.01 Å². The van der Waals surface area contributed by atoms with Crippen LogP contribution in [0.1, 0.15) is 17.5 Å². The predicted octanol–water partition coefficient (Wildman–Crippen LogP) is 3.61. The summed E-state index contributed by atoms with van der Waals surface area (Å²) in [6, 6.07) is 16.8. The molecule has 0 unspecified atom stereocenters. The van der Waals surface area contributed by atoms with Gasteiger partial charge < -0.3 is 14.6 Å². The second kappa shape index (κ2) is 8.22. The molecule has 6 heteroatoms. The van der Waals surface area contributed by atoms with Crippen molar-refractivity contribution in [2.75, 3.05) is 32.1 Å². The zero-order chi connectivity index (χ0) is 18.5. The van der Waals surface area contributed by atoms with E-state index in [4.69, 9.17) is 9.26 Å². The monoisotopic (exact) mass is 364 g/mol. The highest BCUT2D eigenvalue weighted by molar-refractivity contribution is 5.56. The molecule has 0 aliphatic carbocycles. The van der Waals surface area contributed by atoms with Crippen LogP contribution in [-0.4, -0.2) is 41.8 Å². The largest absolute Gasteiger partial charge is 0.497 e. The van der Waals surface area contributed by atoms with E-state index >= 15 is 0 Å². The zero-order valence-electron chi connectivity index (χ0n) is 15.5. The summed E-state index contributed by atoms with van der Waals surface area (Å²) in [5.41, 5.74) is 3.85. The fourth-order valence-electron chi connectivity index (χ4n) is 3.40. The topological polar surface area (TPSA) is 63.4 Å². The van der Waals surface area contributed by atoms with Crippen molar-refractivity contribution in [2.45, 2.75) is 19.4 Å². The van der Waals surface area contributed by atoms with Gasteiger partial charge in [0, 0.05) is 31.7 Å². The Morgan fingerprint density at radius 3 is 2.74 bits per heavy atom. The Labute approximate surface area is 159 Å². The summed E-state index contributed by atoms with van der Waals surface area (Å²) in [4.78, 5) is 6.91. The summed E-state index contributed by atoms with van der Waals surface area (Å²) in [6.07, 6.45) is 2.17. The third-order valence-electron chi connectivity index (χ3n) is 4.91. The number of nitrogens with one attached hydrogen (secondary N) is 1. The smallest absolute Gasteiger partial charge is 0.321 e. The van der Waals surface area contributed by atoms with E-state index in [0.717, 1.165) is 50.3 Å². The molecule has 0 saturated heterocycles. The first-order valence-corrected chi connectivity index (χ1v) is 9.33. The molecule has 0 fully saturated rings. The Morgan fingerprint density at radius 2 is 1.93 bits per heavy atom. The van der Waals surface area contributed by atoms with Crippen molar-refractivity contribution >= 4 is 6.01 Å². The lowest BCUT2D eigenvalue weighted by atomic mass is 10.00. The number of benzene rings is 2. The van der Waals surface area contributed by atoms with E-state index in [2.05, 4.69) is 44.6 Å². The number of ether oxygens (including phenoxy) is 1. The molecule has 2 aromatic carbocycles. The van der Waals surface area contributed by atoms with E-state index in [0.29, 0.717) is 11.8 Å². The Morgan fingerprint density at radius 1 is 1.11 bits per heavy atom. The Kier molecular flexibility index (Phi) is 5.34. The van der Waals surface area contributed by atoms with Gasteiger partial charge in [0.2, 0.25) is 5.82 Å². The first kappa shape index (κ1) is 17.5. The number of hydrogen-bond donors (Lipinski definition) is 1. The number of nitrogens with zero attached hydrogens (tertiary/aromatic N) is 3. The first-order chi connectivity index (χ1) is 13.3. The van der Waals surface area contributed by atoms with Crippen molar-refractivity contribution in [3.8, 4) is 17.1 Å². The fourth-order valence-corrected chi connectivity index (χ4v) is 3.40. The summed E-state index contributed by atoms with van der Waals surface area (Å²) in [7, 11) is 1.65. The number of fused-ring (bicyclic) bond motifs is 1. The van der Waals surface area contributed by atoms with Gasteiger partial charge in [0.1, 0.15) is 5.75 Å². The molecule has 6 nitrogen and oxygen atoms in total. The van der Waals surface area contributed by atoms with Gasteiger partial charge in [-0.15, -0.1) is 0 Å². The van der Waals surface area contributed by atoms with E-state index in [9.17, 15) is 0 Å². The van der Waals surface area contributed by atoms with Gasteiger partial charge in [0.25, 0.3) is 0 Å². The predicted molar refractivity (Wildman–Crippen MR) is 105 cm³/mol. The zero-order valence-corrected chi connectivity index (χ0v) is 15.5. The molecule has 0 atom stereocenters. The molecule has 1 N–H and O–H groups in total. The lowest BCUT2D eigenvalue weighted by molar-refractivity contribution is 0.253. The molecule has 0 saturated carbocycles. The molecule has 1 aliphatic rings. The van der Waals surface area contributed by atoms with Gasteiger partial charge in [-0.3, -0.25) is 4.90 Å². The van der Waals surface area contributed by atoms with Crippen molar-refractivity contribution in [1.29, 1.82) is 0 Å². The van der Waals surface area contributed by atoms with E-state index in [1.807, 2.05) is 24.3 Å². The van der Waals surface area contributed by atoms with Crippen molar-refractivity contribution in [3.05, 3.63) is 59.7 Å². The van der Waals surface area contributed by atoms with Crippen LogP contribution < -0.4 is 10.1 Å².